The van der Waals surface area contributed by atoms with Crippen molar-refractivity contribution < 1.29 is 14.4 Å². The first-order valence-electron chi connectivity index (χ1n) is 14.6. The molecule has 0 saturated carbocycles. The zero-order valence-corrected chi connectivity index (χ0v) is 25.6. The Morgan fingerprint density at radius 3 is 1.40 bits per heavy atom. The Hall–Kier alpha value is 0.0700. The van der Waals surface area contributed by atoms with Crippen LogP contribution in [0.2, 0.25) is 0 Å². The minimum absolute atomic E-state index is 0.572. The highest BCUT2D eigenvalue weighted by Crippen LogP contribution is 2.52. The fourth-order valence-corrected chi connectivity index (χ4v) is 7.29. The van der Waals surface area contributed by atoms with Crippen LogP contribution in [0.1, 0.15) is 142 Å². The molecule has 0 radical (unpaired) electrons. The van der Waals surface area contributed by atoms with Crippen LogP contribution in [0.3, 0.4) is 0 Å². The lowest BCUT2D eigenvalue weighted by atomic mass is 10.1. The fourth-order valence-electron chi connectivity index (χ4n) is 3.91. The van der Waals surface area contributed by atoms with E-state index in [9.17, 15) is 4.89 Å². The summed E-state index contributed by atoms with van der Waals surface area (Å²) in [6.07, 6.45) is 30.0. The monoisotopic (exact) mass is 545 g/mol. The molecule has 1 unspecified atom stereocenters. The summed E-state index contributed by atoms with van der Waals surface area (Å²) in [7, 11) is 0. The summed E-state index contributed by atoms with van der Waals surface area (Å²) in [6.45, 7) is 5.10. The minimum Gasteiger partial charge on any atom is -0.793 e. The normalized spacial score (nSPS) is 12.7. The summed E-state index contributed by atoms with van der Waals surface area (Å²) in [5, 5.41) is 0. The van der Waals surface area contributed by atoms with E-state index in [1.165, 1.54) is 127 Å². The Morgan fingerprint density at radius 1 is 0.629 bits per heavy atom. The van der Waals surface area contributed by atoms with Crippen LogP contribution in [0, 0.1) is 0 Å². The maximum Gasteiger partial charge on any atom is 0.166 e. The summed E-state index contributed by atoms with van der Waals surface area (Å²) in [4.78, 5) is 15.2. The van der Waals surface area contributed by atoms with Crippen molar-refractivity contribution >= 4 is 28.9 Å². The van der Waals surface area contributed by atoms with E-state index in [-0.39, 0.29) is 0 Å². The quantitative estimate of drug-likeness (QED) is 0.0958. The smallest absolute Gasteiger partial charge is 0.166 e. The molecule has 1 rings (SSSR count). The van der Waals surface area contributed by atoms with Crippen molar-refractivity contribution in [1.82, 2.24) is 0 Å². The molecule has 3 nitrogen and oxygen atoms in total. The third-order valence-corrected chi connectivity index (χ3v) is 10.5. The molecule has 206 valence electrons. The standard InChI is InChI=1S/C24H51O2PS2.C5H5N/c1-3-5-7-9-11-13-15-17-19-21-23-26-27(25,28)29-24-22-20-18-16-14-12-10-8-6-4-2;1-2-4-6-5-3-1/h3-24H2,1-2H3,(H,25,28);1-5H. The van der Waals surface area contributed by atoms with E-state index in [4.69, 9.17) is 16.3 Å². The molecule has 1 N–H and O–H groups in total. The Kier molecular flexibility index (Phi) is 28.7. The molecule has 1 aromatic heterocycles. The molecule has 0 saturated heterocycles. The van der Waals surface area contributed by atoms with E-state index in [1.54, 1.807) is 0 Å². The number of pyridine rings is 1. The van der Waals surface area contributed by atoms with Crippen molar-refractivity contribution in [3.05, 3.63) is 30.6 Å². The molecule has 0 aliphatic carbocycles. The number of H-pyrrole nitrogens is 1. The average Bonchev–Trinajstić information content (AvgIpc) is 2.87. The number of unbranched alkanes of at least 4 members (excludes halogenated alkanes) is 18. The lowest BCUT2D eigenvalue weighted by Gasteiger charge is -2.26. The van der Waals surface area contributed by atoms with Crippen molar-refractivity contribution in [3.8, 4) is 0 Å². The summed E-state index contributed by atoms with van der Waals surface area (Å²) in [6, 6.07) is 5.86. The van der Waals surface area contributed by atoms with Gasteiger partial charge in [-0.15, -0.1) is 11.4 Å². The Labute approximate surface area is 227 Å². The molecular formula is C29H56NO2PS2. The molecule has 1 atom stereocenters. The second kappa shape index (κ2) is 28.6. The van der Waals surface area contributed by atoms with E-state index in [0.29, 0.717) is 6.61 Å². The Bertz CT molecular complexity index is 506. The molecule has 0 aliphatic heterocycles. The van der Waals surface area contributed by atoms with Gasteiger partial charge in [-0.3, -0.25) is 0 Å². The molecule has 0 aliphatic rings. The van der Waals surface area contributed by atoms with Gasteiger partial charge in [0.2, 0.25) is 0 Å². The van der Waals surface area contributed by atoms with Gasteiger partial charge in [0.25, 0.3) is 0 Å². The van der Waals surface area contributed by atoms with Gasteiger partial charge in [-0.25, -0.2) is 4.98 Å². The van der Waals surface area contributed by atoms with Crippen LogP contribution in [-0.2, 0) is 16.3 Å². The van der Waals surface area contributed by atoms with E-state index in [0.717, 1.165) is 18.6 Å². The minimum atomic E-state index is -2.85. The van der Waals surface area contributed by atoms with Crippen LogP contribution in [0.4, 0.5) is 0 Å². The largest absolute Gasteiger partial charge is 0.793 e. The fraction of sp³-hybridized carbons (Fsp3) is 0.828. The number of aromatic nitrogens is 1. The van der Waals surface area contributed by atoms with Crippen molar-refractivity contribution in [2.45, 2.75) is 142 Å². The van der Waals surface area contributed by atoms with Gasteiger partial charge in [-0.05, 0) is 18.6 Å². The number of aromatic amines is 1. The van der Waals surface area contributed by atoms with Gasteiger partial charge in [0, 0.05) is 17.8 Å². The highest BCUT2D eigenvalue weighted by Gasteiger charge is 2.04. The van der Waals surface area contributed by atoms with Crippen LogP contribution in [-0.4, -0.2) is 12.4 Å². The molecule has 0 aromatic carbocycles. The summed E-state index contributed by atoms with van der Waals surface area (Å²) < 4.78 is 5.53. The maximum absolute atomic E-state index is 12.3. The van der Waals surface area contributed by atoms with E-state index in [2.05, 4.69) is 18.8 Å². The Balaban J connectivity index is 0.00000166. The number of hydrogen-bond acceptors (Lipinski definition) is 4. The van der Waals surface area contributed by atoms with Gasteiger partial charge in [0.05, 0.1) is 6.61 Å². The molecule has 6 heteroatoms. The first-order chi connectivity index (χ1) is 17.1. The van der Waals surface area contributed by atoms with Gasteiger partial charge in [0.15, 0.2) is 12.4 Å². The lowest BCUT2D eigenvalue weighted by Crippen LogP contribution is -2.03. The zero-order valence-electron chi connectivity index (χ0n) is 23.0. The van der Waals surface area contributed by atoms with Gasteiger partial charge in [-0.1, -0.05) is 147 Å². The zero-order chi connectivity index (χ0) is 25.7. The summed E-state index contributed by atoms with van der Waals surface area (Å²) >= 11 is 6.57. The van der Waals surface area contributed by atoms with Crippen molar-refractivity contribution in [1.29, 1.82) is 0 Å². The van der Waals surface area contributed by atoms with E-state index >= 15 is 0 Å². The highest BCUT2D eigenvalue weighted by atomic mass is 32.9. The predicted octanol–water partition coefficient (Wildman–Crippen LogP) is 9.66. The van der Waals surface area contributed by atoms with Gasteiger partial charge in [-0.2, -0.15) is 0 Å². The molecule has 0 bridgehead atoms. The molecule has 1 aromatic rings. The second-order valence-corrected chi connectivity index (χ2v) is 15.7. The number of hydrogen-bond donors (Lipinski definition) is 0. The Morgan fingerprint density at radius 2 is 1.03 bits per heavy atom. The van der Waals surface area contributed by atoms with Crippen LogP contribution in [0.25, 0.3) is 0 Å². The van der Waals surface area contributed by atoms with E-state index in [1.807, 2.05) is 30.6 Å². The maximum atomic E-state index is 12.3. The van der Waals surface area contributed by atoms with Crippen molar-refractivity contribution in [2.24, 2.45) is 0 Å². The molecule has 1 heterocycles. The molecule has 35 heavy (non-hydrogen) atoms. The lowest BCUT2D eigenvalue weighted by molar-refractivity contribution is -0.377. The number of nitrogens with one attached hydrogen (secondary N) is 1. The third kappa shape index (κ3) is 30.2. The average molecular weight is 546 g/mol. The SMILES string of the molecule is CCCCCCCCCCCCOP([O-])(=S)SCCCCCCCCCCCC.c1cc[nH+]cc1. The molecule has 0 amide bonds. The first kappa shape index (κ1) is 35.1. The van der Waals surface area contributed by atoms with Gasteiger partial charge in [0.1, 0.15) is 0 Å². The van der Waals surface area contributed by atoms with Crippen LogP contribution in [0.15, 0.2) is 30.6 Å². The van der Waals surface area contributed by atoms with Crippen molar-refractivity contribution in [2.75, 3.05) is 12.4 Å². The van der Waals surface area contributed by atoms with Crippen LogP contribution in [0.5, 0.6) is 0 Å². The molecule has 0 spiro atoms. The first-order valence-corrected chi connectivity index (χ1v) is 18.9. The molecular weight excluding hydrogens is 489 g/mol. The summed E-state index contributed by atoms with van der Waals surface area (Å²) in [5.74, 6) is 0.884. The summed E-state index contributed by atoms with van der Waals surface area (Å²) in [5.41, 5.74) is -2.85. The second-order valence-electron chi connectivity index (χ2n) is 9.55. The van der Waals surface area contributed by atoms with E-state index < -0.39 is 5.69 Å². The van der Waals surface area contributed by atoms with Gasteiger partial charge >= 0.3 is 0 Å². The van der Waals surface area contributed by atoms with Crippen molar-refractivity contribution in [3.63, 3.8) is 0 Å². The topological polar surface area (TPSA) is 46.4 Å². The predicted molar refractivity (Wildman–Crippen MR) is 159 cm³/mol. The van der Waals surface area contributed by atoms with Crippen LogP contribution >= 0.6 is 17.1 Å². The third-order valence-electron chi connectivity index (χ3n) is 6.10. The highest BCUT2D eigenvalue weighted by molar-refractivity contribution is 8.67. The number of rotatable bonds is 24. The van der Waals surface area contributed by atoms with Gasteiger partial charge < -0.3 is 9.42 Å². The van der Waals surface area contributed by atoms with Crippen LogP contribution < -0.4 is 9.88 Å². The molecule has 0 fully saturated rings.